The standard InChI is InChI=1S/C46H83NO5/c1-3-5-7-9-11-13-14-16-20-24-28-32-36-40-46(51)52-41-37-33-29-25-21-18-15-17-19-23-27-31-35-39-45(50)47-43(42-48)44(49)38-34-30-26-22-12-10-8-6-4-2/h7,9,13-14,17,19,34,38,43-44,48-49H,3-6,8,10-12,15-16,18,20-33,35-37,39-42H2,1-2H3,(H,47,50)/b9-7-,14-13-,19-17-,38-34+. The normalized spacial score (nSPS) is 13.2. The fourth-order valence-electron chi connectivity index (χ4n) is 6.13. The van der Waals surface area contributed by atoms with E-state index in [9.17, 15) is 19.8 Å². The highest BCUT2D eigenvalue weighted by Crippen LogP contribution is 2.12. The van der Waals surface area contributed by atoms with Crippen LogP contribution in [0.1, 0.15) is 206 Å². The van der Waals surface area contributed by atoms with Crippen molar-refractivity contribution >= 4 is 11.9 Å². The zero-order valence-electron chi connectivity index (χ0n) is 34.0. The van der Waals surface area contributed by atoms with Crippen LogP contribution in [-0.4, -0.2) is 47.4 Å². The van der Waals surface area contributed by atoms with Gasteiger partial charge in [-0.05, 0) is 83.5 Å². The van der Waals surface area contributed by atoms with Crippen LogP contribution in [0.15, 0.2) is 48.6 Å². The Bertz CT molecular complexity index is 895. The molecule has 52 heavy (non-hydrogen) atoms. The molecular formula is C46H83NO5. The van der Waals surface area contributed by atoms with Crippen molar-refractivity contribution in [1.29, 1.82) is 0 Å². The summed E-state index contributed by atoms with van der Waals surface area (Å²) in [6.07, 6.45) is 49.5. The molecule has 0 aromatic carbocycles. The number of carbonyl (C=O) groups excluding carboxylic acids is 2. The lowest BCUT2D eigenvalue weighted by Gasteiger charge is -2.19. The number of amides is 1. The van der Waals surface area contributed by atoms with Gasteiger partial charge in [-0.3, -0.25) is 9.59 Å². The summed E-state index contributed by atoms with van der Waals surface area (Å²) < 4.78 is 5.42. The first-order chi connectivity index (χ1) is 25.5. The van der Waals surface area contributed by atoms with E-state index in [1.807, 2.05) is 6.08 Å². The van der Waals surface area contributed by atoms with E-state index in [1.165, 1.54) is 96.3 Å². The molecule has 0 aromatic rings. The molecule has 0 saturated heterocycles. The molecule has 3 N–H and O–H groups in total. The summed E-state index contributed by atoms with van der Waals surface area (Å²) in [6.45, 7) is 4.73. The Morgan fingerprint density at radius 2 is 1.00 bits per heavy atom. The molecule has 6 nitrogen and oxygen atoms in total. The molecule has 302 valence electrons. The van der Waals surface area contributed by atoms with Gasteiger partial charge < -0.3 is 20.3 Å². The van der Waals surface area contributed by atoms with Gasteiger partial charge in [0.25, 0.3) is 0 Å². The van der Waals surface area contributed by atoms with E-state index in [0.717, 1.165) is 83.5 Å². The van der Waals surface area contributed by atoms with E-state index in [2.05, 4.69) is 55.6 Å². The topological polar surface area (TPSA) is 95.9 Å². The molecule has 6 heteroatoms. The molecule has 0 aliphatic carbocycles. The van der Waals surface area contributed by atoms with E-state index in [1.54, 1.807) is 6.08 Å². The molecular weight excluding hydrogens is 647 g/mol. The molecule has 0 rings (SSSR count). The van der Waals surface area contributed by atoms with E-state index >= 15 is 0 Å². The summed E-state index contributed by atoms with van der Waals surface area (Å²) in [6, 6.07) is -0.647. The third-order valence-corrected chi connectivity index (χ3v) is 9.54. The third-order valence-electron chi connectivity index (χ3n) is 9.54. The maximum atomic E-state index is 12.3. The second-order valence-electron chi connectivity index (χ2n) is 14.7. The summed E-state index contributed by atoms with van der Waals surface area (Å²) in [5.74, 6) is -0.135. The van der Waals surface area contributed by atoms with Crippen molar-refractivity contribution in [3.05, 3.63) is 48.6 Å². The molecule has 0 fully saturated rings. The molecule has 1 amide bonds. The van der Waals surface area contributed by atoms with Crippen molar-refractivity contribution in [3.8, 4) is 0 Å². The van der Waals surface area contributed by atoms with Gasteiger partial charge in [0, 0.05) is 12.8 Å². The average Bonchev–Trinajstić information content (AvgIpc) is 3.14. The zero-order chi connectivity index (χ0) is 38.0. The SMILES string of the molecule is CCC/C=C\C/C=C\CCCCCCCC(=O)OCCCCCCCC/C=C\CCCCCC(=O)NC(CO)C(O)/C=C/CCCCCCCCC. The molecule has 2 atom stereocenters. The van der Waals surface area contributed by atoms with Gasteiger partial charge in [-0.25, -0.2) is 0 Å². The highest BCUT2D eigenvalue weighted by molar-refractivity contribution is 5.76. The molecule has 0 bridgehead atoms. The molecule has 0 spiro atoms. The minimum atomic E-state index is -0.860. The van der Waals surface area contributed by atoms with Crippen molar-refractivity contribution in [2.45, 2.75) is 219 Å². The molecule has 0 aliphatic heterocycles. The Morgan fingerprint density at radius 1 is 0.538 bits per heavy atom. The van der Waals surface area contributed by atoms with Crippen molar-refractivity contribution in [1.82, 2.24) is 5.32 Å². The maximum absolute atomic E-state index is 12.3. The third kappa shape index (κ3) is 37.6. The van der Waals surface area contributed by atoms with E-state index in [-0.39, 0.29) is 18.5 Å². The van der Waals surface area contributed by atoms with E-state index in [0.29, 0.717) is 19.4 Å². The van der Waals surface area contributed by atoms with Crippen LogP contribution in [0.25, 0.3) is 0 Å². The Balaban J connectivity index is 3.55. The fourth-order valence-corrected chi connectivity index (χ4v) is 6.13. The first kappa shape index (κ1) is 49.8. The Kier molecular flexibility index (Phi) is 39.8. The number of allylic oxidation sites excluding steroid dienone is 7. The molecule has 0 aliphatic rings. The van der Waals surface area contributed by atoms with Crippen LogP contribution in [-0.2, 0) is 14.3 Å². The van der Waals surface area contributed by atoms with E-state index < -0.39 is 12.1 Å². The van der Waals surface area contributed by atoms with Gasteiger partial charge in [0.15, 0.2) is 0 Å². The van der Waals surface area contributed by atoms with Crippen LogP contribution >= 0.6 is 0 Å². The highest BCUT2D eigenvalue weighted by atomic mass is 16.5. The monoisotopic (exact) mass is 730 g/mol. The second kappa shape index (κ2) is 41.6. The van der Waals surface area contributed by atoms with Gasteiger partial charge in [0.05, 0.1) is 25.4 Å². The van der Waals surface area contributed by atoms with Gasteiger partial charge in [-0.2, -0.15) is 0 Å². The highest BCUT2D eigenvalue weighted by Gasteiger charge is 2.17. The number of hydrogen-bond donors (Lipinski definition) is 3. The number of unbranched alkanes of at least 4 members (excludes halogenated alkanes) is 22. The summed E-state index contributed by atoms with van der Waals surface area (Å²) >= 11 is 0. The summed E-state index contributed by atoms with van der Waals surface area (Å²) in [5, 5.41) is 22.8. The van der Waals surface area contributed by atoms with Crippen LogP contribution in [0, 0.1) is 0 Å². The fraction of sp³-hybridized carbons (Fsp3) is 0.783. The van der Waals surface area contributed by atoms with Crippen LogP contribution in [0.5, 0.6) is 0 Å². The minimum absolute atomic E-state index is 0.0313. The molecule has 0 saturated carbocycles. The smallest absolute Gasteiger partial charge is 0.305 e. The number of hydrogen-bond acceptors (Lipinski definition) is 5. The van der Waals surface area contributed by atoms with Gasteiger partial charge in [0.2, 0.25) is 5.91 Å². The molecule has 0 aromatic heterocycles. The van der Waals surface area contributed by atoms with Crippen LogP contribution in [0.4, 0.5) is 0 Å². The number of nitrogens with one attached hydrogen (secondary N) is 1. The number of aliphatic hydroxyl groups excluding tert-OH is 2. The molecule has 2 unspecified atom stereocenters. The van der Waals surface area contributed by atoms with Crippen molar-refractivity contribution in [2.24, 2.45) is 0 Å². The quantitative estimate of drug-likeness (QED) is 0.0332. The van der Waals surface area contributed by atoms with Gasteiger partial charge in [-0.1, -0.05) is 159 Å². The predicted molar refractivity (Wildman–Crippen MR) is 222 cm³/mol. The van der Waals surface area contributed by atoms with E-state index in [4.69, 9.17) is 4.74 Å². The van der Waals surface area contributed by atoms with Crippen LogP contribution in [0.3, 0.4) is 0 Å². The summed E-state index contributed by atoms with van der Waals surface area (Å²) in [4.78, 5) is 24.3. The van der Waals surface area contributed by atoms with Crippen LogP contribution < -0.4 is 5.32 Å². The first-order valence-corrected chi connectivity index (χ1v) is 21.9. The minimum Gasteiger partial charge on any atom is -0.466 e. The van der Waals surface area contributed by atoms with Gasteiger partial charge in [-0.15, -0.1) is 0 Å². The van der Waals surface area contributed by atoms with Gasteiger partial charge >= 0.3 is 5.97 Å². The van der Waals surface area contributed by atoms with Crippen molar-refractivity contribution in [3.63, 3.8) is 0 Å². The maximum Gasteiger partial charge on any atom is 0.305 e. The number of carbonyl (C=O) groups is 2. The van der Waals surface area contributed by atoms with Gasteiger partial charge in [0.1, 0.15) is 0 Å². The predicted octanol–water partition coefficient (Wildman–Crippen LogP) is 12.3. The Morgan fingerprint density at radius 3 is 1.58 bits per heavy atom. The summed E-state index contributed by atoms with van der Waals surface area (Å²) in [7, 11) is 0. The largest absolute Gasteiger partial charge is 0.466 e. The molecule has 0 heterocycles. The zero-order valence-corrected chi connectivity index (χ0v) is 34.0. The lowest BCUT2D eigenvalue weighted by Crippen LogP contribution is -2.45. The number of esters is 1. The Hall–Kier alpha value is -2.18. The van der Waals surface area contributed by atoms with Crippen molar-refractivity contribution < 1.29 is 24.5 Å². The second-order valence-corrected chi connectivity index (χ2v) is 14.7. The average molecular weight is 730 g/mol. The van der Waals surface area contributed by atoms with Crippen molar-refractivity contribution in [2.75, 3.05) is 13.2 Å². The molecule has 0 radical (unpaired) electrons. The lowest BCUT2D eigenvalue weighted by molar-refractivity contribution is -0.143. The number of ether oxygens (including phenoxy) is 1. The van der Waals surface area contributed by atoms with Crippen LogP contribution in [0.2, 0.25) is 0 Å². The number of rotatable bonds is 39. The number of aliphatic hydroxyl groups is 2. The first-order valence-electron chi connectivity index (χ1n) is 21.9. The Labute approximate surface area is 321 Å². The lowest BCUT2D eigenvalue weighted by atomic mass is 10.1. The summed E-state index contributed by atoms with van der Waals surface area (Å²) in [5.41, 5.74) is 0.